The molecule has 0 saturated heterocycles. The molecule has 1 heteroatoms. The van der Waals surface area contributed by atoms with Crippen LogP contribution >= 0.6 is 0 Å². The van der Waals surface area contributed by atoms with Crippen LogP contribution in [0.2, 0.25) is 0 Å². The van der Waals surface area contributed by atoms with E-state index in [1.165, 1.54) is 0 Å². The van der Waals surface area contributed by atoms with E-state index < -0.39 is 0 Å². The molecule has 74 valence electrons. The van der Waals surface area contributed by atoms with E-state index in [1.807, 2.05) is 25.2 Å². The van der Waals surface area contributed by atoms with E-state index in [9.17, 15) is 0 Å². The van der Waals surface area contributed by atoms with Crippen LogP contribution in [0, 0.1) is 5.41 Å². The first-order valence-corrected chi connectivity index (χ1v) is 4.59. The zero-order chi connectivity index (χ0) is 10.5. The molecule has 0 aliphatic rings. The summed E-state index contributed by atoms with van der Waals surface area (Å²) in [6.45, 7) is 12.3. The molecule has 0 spiro atoms. The summed E-state index contributed by atoms with van der Waals surface area (Å²) in [5.74, 6) is 0. The standard InChI is InChI=1S/C12H21N/c1-10(2)7-6-8-11(13)9-12(3,4)5/h6-8H,1,9,13H2,2-5H3/b7-6-,11-8-. The van der Waals surface area contributed by atoms with Crippen molar-refractivity contribution in [2.24, 2.45) is 11.1 Å². The average molecular weight is 179 g/mol. The molecule has 0 heterocycles. The van der Waals surface area contributed by atoms with Crippen molar-refractivity contribution in [3.63, 3.8) is 0 Å². The van der Waals surface area contributed by atoms with Gasteiger partial charge in [0.15, 0.2) is 0 Å². The number of allylic oxidation sites excluding steroid dienone is 5. The lowest BCUT2D eigenvalue weighted by atomic mass is 9.90. The van der Waals surface area contributed by atoms with Crippen LogP contribution < -0.4 is 5.73 Å². The zero-order valence-corrected chi connectivity index (χ0v) is 9.22. The fourth-order valence-corrected chi connectivity index (χ4v) is 1.01. The minimum absolute atomic E-state index is 0.262. The van der Waals surface area contributed by atoms with Crippen LogP contribution in [0.1, 0.15) is 34.1 Å². The Morgan fingerprint density at radius 3 is 2.31 bits per heavy atom. The van der Waals surface area contributed by atoms with Gasteiger partial charge in [-0.3, -0.25) is 0 Å². The molecule has 0 aromatic heterocycles. The van der Waals surface area contributed by atoms with Crippen molar-refractivity contribution in [2.45, 2.75) is 34.1 Å². The van der Waals surface area contributed by atoms with Crippen molar-refractivity contribution in [2.75, 3.05) is 0 Å². The van der Waals surface area contributed by atoms with Gasteiger partial charge in [-0.25, -0.2) is 0 Å². The Balaban J connectivity index is 4.11. The maximum atomic E-state index is 5.83. The third-order valence-corrected chi connectivity index (χ3v) is 1.43. The highest BCUT2D eigenvalue weighted by Crippen LogP contribution is 2.21. The van der Waals surface area contributed by atoms with Gasteiger partial charge in [0.2, 0.25) is 0 Å². The van der Waals surface area contributed by atoms with Gasteiger partial charge in [0.1, 0.15) is 0 Å². The van der Waals surface area contributed by atoms with Gasteiger partial charge in [0, 0.05) is 5.70 Å². The van der Waals surface area contributed by atoms with E-state index in [-0.39, 0.29) is 5.41 Å². The van der Waals surface area contributed by atoms with E-state index in [0.29, 0.717) is 0 Å². The molecular weight excluding hydrogens is 158 g/mol. The molecule has 0 aliphatic heterocycles. The molecule has 13 heavy (non-hydrogen) atoms. The molecule has 2 N–H and O–H groups in total. The van der Waals surface area contributed by atoms with E-state index in [0.717, 1.165) is 17.7 Å². The lowest BCUT2D eigenvalue weighted by molar-refractivity contribution is 0.408. The van der Waals surface area contributed by atoms with Gasteiger partial charge in [-0.15, -0.1) is 0 Å². The Bertz CT molecular complexity index is 226. The van der Waals surface area contributed by atoms with Gasteiger partial charge >= 0.3 is 0 Å². The van der Waals surface area contributed by atoms with Gasteiger partial charge in [0.05, 0.1) is 0 Å². The van der Waals surface area contributed by atoms with E-state index in [2.05, 4.69) is 27.4 Å². The summed E-state index contributed by atoms with van der Waals surface area (Å²) in [4.78, 5) is 0. The highest BCUT2D eigenvalue weighted by Gasteiger charge is 2.10. The molecule has 0 saturated carbocycles. The van der Waals surface area contributed by atoms with Crippen LogP contribution in [-0.4, -0.2) is 0 Å². The second kappa shape index (κ2) is 4.90. The maximum Gasteiger partial charge on any atom is 0.00857 e. The third kappa shape index (κ3) is 8.93. The summed E-state index contributed by atoms with van der Waals surface area (Å²) in [6.07, 6.45) is 6.77. The summed E-state index contributed by atoms with van der Waals surface area (Å²) in [7, 11) is 0. The van der Waals surface area contributed by atoms with Crippen molar-refractivity contribution in [3.05, 3.63) is 36.1 Å². The van der Waals surface area contributed by atoms with E-state index in [4.69, 9.17) is 5.73 Å². The lowest BCUT2D eigenvalue weighted by Crippen LogP contribution is -2.10. The molecule has 0 aliphatic carbocycles. The third-order valence-electron chi connectivity index (χ3n) is 1.43. The van der Waals surface area contributed by atoms with Crippen LogP contribution in [0.3, 0.4) is 0 Å². The van der Waals surface area contributed by atoms with Crippen molar-refractivity contribution < 1.29 is 0 Å². The first kappa shape index (κ1) is 12.0. The Morgan fingerprint density at radius 2 is 1.92 bits per heavy atom. The number of hydrogen-bond acceptors (Lipinski definition) is 1. The van der Waals surface area contributed by atoms with Gasteiger partial charge in [-0.05, 0) is 24.8 Å². The molecule has 0 atom stereocenters. The van der Waals surface area contributed by atoms with Crippen molar-refractivity contribution >= 4 is 0 Å². The van der Waals surface area contributed by atoms with Crippen LogP contribution in [0.4, 0.5) is 0 Å². The smallest absolute Gasteiger partial charge is 0.00857 e. The Hall–Kier alpha value is -0.980. The first-order chi connectivity index (χ1) is 5.81. The monoisotopic (exact) mass is 179 g/mol. The fraction of sp³-hybridized carbons (Fsp3) is 0.500. The highest BCUT2D eigenvalue weighted by molar-refractivity contribution is 5.19. The summed E-state index contributed by atoms with van der Waals surface area (Å²) in [5.41, 5.74) is 8.05. The van der Waals surface area contributed by atoms with Gasteiger partial charge in [0.25, 0.3) is 0 Å². The molecule has 0 unspecified atom stereocenters. The summed E-state index contributed by atoms with van der Waals surface area (Å²) >= 11 is 0. The van der Waals surface area contributed by atoms with Crippen LogP contribution in [-0.2, 0) is 0 Å². The Labute approximate surface area is 82.0 Å². The predicted octanol–water partition coefficient (Wildman–Crippen LogP) is 3.40. The number of rotatable bonds is 3. The molecule has 0 aromatic rings. The van der Waals surface area contributed by atoms with E-state index >= 15 is 0 Å². The summed E-state index contributed by atoms with van der Waals surface area (Å²) < 4.78 is 0. The topological polar surface area (TPSA) is 26.0 Å². The lowest BCUT2D eigenvalue weighted by Gasteiger charge is -2.17. The van der Waals surface area contributed by atoms with Crippen LogP contribution in [0.25, 0.3) is 0 Å². The van der Waals surface area contributed by atoms with E-state index in [1.54, 1.807) is 0 Å². The van der Waals surface area contributed by atoms with Crippen molar-refractivity contribution in [3.8, 4) is 0 Å². The van der Waals surface area contributed by atoms with Gasteiger partial charge < -0.3 is 5.73 Å². The van der Waals surface area contributed by atoms with Crippen molar-refractivity contribution in [1.82, 2.24) is 0 Å². The quantitative estimate of drug-likeness (QED) is 0.660. The fourth-order valence-electron chi connectivity index (χ4n) is 1.01. The molecule has 0 radical (unpaired) electrons. The largest absolute Gasteiger partial charge is 0.402 e. The van der Waals surface area contributed by atoms with Crippen LogP contribution in [0.15, 0.2) is 36.1 Å². The van der Waals surface area contributed by atoms with Gasteiger partial charge in [-0.1, -0.05) is 45.1 Å². The second-order valence-corrected chi connectivity index (χ2v) is 4.68. The first-order valence-electron chi connectivity index (χ1n) is 4.59. The normalized spacial score (nSPS) is 13.7. The zero-order valence-electron chi connectivity index (χ0n) is 9.22. The SMILES string of the molecule is C=C(C)/C=C\C=C(/N)CC(C)(C)C. The summed E-state index contributed by atoms with van der Waals surface area (Å²) in [5, 5.41) is 0. The molecule has 0 amide bonds. The van der Waals surface area contributed by atoms with Gasteiger partial charge in [-0.2, -0.15) is 0 Å². The highest BCUT2D eigenvalue weighted by atomic mass is 14.6. The van der Waals surface area contributed by atoms with Crippen molar-refractivity contribution in [1.29, 1.82) is 0 Å². The predicted molar refractivity (Wildman–Crippen MR) is 60.3 cm³/mol. The second-order valence-electron chi connectivity index (χ2n) is 4.68. The summed E-state index contributed by atoms with van der Waals surface area (Å²) in [6, 6.07) is 0. The minimum Gasteiger partial charge on any atom is -0.402 e. The number of hydrogen-bond donors (Lipinski definition) is 1. The van der Waals surface area contributed by atoms with Crippen LogP contribution in [0.5, 0.6) is 0 Å². The molecule has 1 nitrogen and oxygen atoms in total. The molecule has 0 aromatic carbocycles. The Kier molecular flexibility index (Phi) is 4.53. The average Bonchev–Trinajstić information content (AvgIpc) is 1.81. The molecule has 0 fully saturated rings. The molecule has 0 rings (SSSR count). The molecular formula is C12H21N. The number of nitrogens with two attached hydrogens (primary N) is 1. The minimum atomic E-state index is 0.262. The molecule has 0 bridgehead atoms. The Morgan fingerprint density at radius 1 is 1.38 bits per heavy atom. The maximum absolute atomic E-state index is 5.83.